The van der Waals surface area contributed by atoms with Gasteiger partial charge in [-0.2, -0.15) is 0 Å². The summed E-state index contributed by atoms with van der Waals surface area (Å²) in [5.74, 6) is -0.130. The molecule has 0 saturated heterocycles. The Bertz CT molecular complexity index is 652. The van der Waals surface area contributed by atoms with Gasteiger partial charge in [0.05, 0.1) is 11.4 Å². The maximum atomic E-state index is 11.6. The number of carbonyl (C=O) groups is 1. The Morgan fingerprint density at radius 1 is 1.24 bits per heavy atom. The minimum atomic E-state index is -0.130. The first-order valence-electron chi connectivity index (χ1n) is 6.90. The van der Waals surface area contributed by atoms with Crippen LogP contribution in [0.15, 0.2) is 42.5 Å². The Kier molecular flexibility index (Phi) is 4.48. The summed E-state index contributed by atoms with van der Waals surface area (Å²) < 4.78 is 0. The lowest BCUT2D eigenvalue weighted by atomic mass is 10.1. The van der Waals surface area contributed by atoms with Gasteiger partial charge in [-0.15, -0.1) is 0 Å². The quantitative estimate of drug-likeness (QED) is 0.848. The molecule has 0 atom stereocenters. The molecule has 0 unspecified atom stereocenters. The Labute approximate surface area is 125 Å². The number of benzene rings is 2. The van der Waals surface area contributed by atoms with E-state index in [1.807, 2.05) is 25.2 Å². The Hall–Kier alpha value is -2.49. The van der Waals surface area contributed by atoms with Gasteiger partial charge in [0, 0.05) is 26.2 Å². The average molecular weight is 283 g/mol. The molecule has 0 radical (unpaired) electrons. The number of nitrogen functional groups attached to an aromatic ring is 1. The second-order valence-electron chi connectivity index (χ2n) is 5.14. The third-order valence-electron chi connectivity index (χ3n) is 3.60. The van der Waals surface area contributed by atoms with Gasteiger partial charge in [0.15, 0.2) is 0 Å². The summed E-state index contributed by atoms with van der Waals surface area (Å²) in [6.07, 6.45) is 0. The number of hydrogen-bond donors (Lipinski definition) is 2. The van der Waals surface area contributed by atoms with Crippen LogP contribution in [-0.4, -0.2) is 20.0 Å². The van der Waals surface area contributed by atoms with E-state index in [0.717, 1.165) is 12.2 Å². The van der Waals surface area contributed by atoms with E-state index in [0.29, 0.717) is 11.3 Å². The van der Waals surface area contributed by atoms with E-state index in [4.69, 9.17) is 5.73 Å². The van der Waals surface area contributed by atoms with Crippen LogP contribution >= 0.6 is 0 Å². The van der Waals surface area contributed by atoms with Crippen LogP contribution in [0.3, 0.4) is 0 Å². The molecule has 2 aromatic carbocycles. The lowest BCUT2D eigenvalue weighted by Crippen LogP contribution is -2.20. The highest BCUT2D eigenvalue weighted by Crippen LogP contribution is 2.25. The van der Waals surface area contributed by atoms with Gasteiger partial charge in [0.2, 0.25) is 0 Å². The molecule has 2 rings (SSSR count). The molecular weight excluding hydrogens is 262 g/mol. The first kappa shape index (κ1) is 14.9. The molecule has 110 valence electrons. The van der Waals surface area contributed by atoms with Gasteiger partial charge in [-0.25, -0.2) is 0 Å². The van der Waals surface area contributed by atoms with Crippen molar-refractivity contribution in [3.05, 3.63) is 59.2 Å². The molecule has 4 heteroatoms. The fraction of sp³-hybridized carbons (Fsp3) is 0.235. The van der Waals surface area contributed by atoms with Crippen LogP contribution in [0.5, 0.6) is 0 Å². The minimum Gasteiger partial charge on any atom is -0.397 e. The summed E-state index contributed by atoms with van der Waals surface area (Å²) in [5, 5.41) is 2.60. The number of aryl methyl sites for hydroxylation is 1. The molecule has 21 heavy (non-hydrogen) atoms. The number of nitrogens with one attached hydrogen (secondary N) is 1. The lowest BCUT2D eigenvalue weighted by Gasteiger charge is -2.22. The predicted octanol–water partition coefficient (Wildman–Crippen LogP) is 2.57. The van der Waals surface area contributed by atoms with E-state index < -0.39 is 0 Å². The van der Waals surface area contributed by atoms with E-state index >= 15 is 0 Å². The third kappa shape index (κ3) is 3.34. The van der Waals surface area contributed by atoms with Crippen molar-refractivity contribution in [2.75, 3.05) is 24.7 Å². The average Bonchev–Trinajstić information content (AvgIpc) is 2.48. The standard InChI is InChI=1S/C17H21N3O/c1-12-6-4-5-7-14(12)11-20(3)16-9-8-13(10-15(16)18)17(21)19-2/h4-10H,11,18H2,1-3H3,(H,19,21). The first-order chi connectivity index (χ1) is 10.0. The molecule has 3 N–H and O–H groups in total. The fourth-order valence-electron chi connectivity index (χ4n) is 2.32. The van der Waals surface area contributed by atoms with Crippen molar-refractivity contribution < 1.29 is 4.79 Å². The van der Waals surface area contributed by atoms with Gasteiger partial charge in [-0.1, -0.05) is 24.3 Å². The van der Waals surface area contributed by atoms with E-state index in [9.17, 15) is 4.79 Å². The number of carbonyl (C=O) groups excluding carboxylic acids is 1. The molecule has 0 aromatic heterocycles. The summed E-state index contributed by atoms with van der Waals surface area (Å²) >= 11 is 0. The molecule has 0 saturated carbocycles. The minimum absolute atomic E-state index is 0.130. The van der Waals surface area contributed by atoms with Crippen molar-refractivity contribution in [1.29, 1.82) is 0 Å². The van der Waals surface area contributed by atoms with Gasteiger partial charge in [0.25, 0.3) is 5.91 Å². The van der Waals surface area contributed by atoms with E-state index in [1.54, 1.807) is 19.2 Å². The SMILES string of the molecule is CNC(=O)c1ccc(N(C)Cc2ccccc2C)c(N)c1. The molecular formula is C17H21N3O. The molecule has 0 heterocycles. The van der Waals surface area contributed by atoms with Crippen LogP contribution in [0.2, 0.25) is 0 Å². The normalized spacial score (nSPS) is 10.2. The first-order valence-corrected chi connectivity index (χ1v) is 6.90. The van der Waals surface area contributed by atoms with Crippen LogP contribution in [0.25, 0.3) is 0 Å². The van der Waals surface area contributed by atoms with Gasteiger partial charge >= 0.3 is 0 Å². The molecule has 0 aliphatic carbocycles. The van der Waals surface area contributed by atoms with Crippen LogP contribution in [0.1, 0.15) is 21.5 Å². The topological polar surface area (TPSA) is 58.4 Å². The zero-order chi connectivity index (χ0) is 15.4. The molecule has 0 spiro atoms. The number of amides is 1. The second kappa shape index (κ2) is 6.31. The number of rotatable bonds is 4. The maximum Gasteiger partial charge on any atom is 0.251 e. The molecule has 0 aliphatic rings. The fourth-order valence-corrected chi connectivity index (χ4v) is 2.32. The van der Waals surface area contributed by atoms with Crippen molar-refractivity contribution in [1.82, 2.24) is 5.32 Å². The van der Waals surface area contributed by atoms with Crippen LogP contribution in [0, 0.1) is 6.92 Å². The number of anilines is 2. The van der Waals surface area contributed by atoms with Gasteiger partial charge < -0.3 is 16.0 Å². The highest BCUT2D eigenvalue weighted by atomic mass is 16.1. The Morgan fingerprint density at radius 2 is 1.95 bits per heavy atom. The van der Waals surface area contributed by atoms with Crippen molar-refractivity contribution in [2.24, 2.45) is 0 Å². The van der Waals surface area contributed by atoms with Gasteiger partial charge in [-0.3, -0.25) is 4.79 Å². The number of nitrogens with zero attached hydrogens (tertiary/aromatic N) is 1. The Balaban J connectivity index is 2.22. The van der Waals surface area contributed by atoms with E-state index in [1.165, 1.54) is 11.1 Å². The summed E-state index contributed by atoms with van der Waals surface area (Å²) in [6, 6.07) is 13.7. The summed E-state index contributed by atoms with van der Waals surface area (Å²) in [6.45, 7) is 2.87. The van der Waals surface area contributed by atoms with Gasteiger partial charge in [0.1, 0.15) is 0 Å². The molecule has 0 bridgehead atoms. The zero-order valence-electron chi connectivity index (χ0n) is 12.7. The Morgan fingerprint density at radius 3 is 2.57 bits per heavy atom. The highest BCUT2D eigenvalue weighted by molar-refractivity contribution is 5.96. The van der Waals surface area contributed by atoms with Crippen LogP contribution in [-0.2, 0) is 6.54 Å². The highest BCUT2D eigenvalue weighted by Gasteiger charge is 2.10. The monoisotopic (exact) mass is 283 g/mol. The molecule has 0 fully saturated rings. The molecule has 1 amide bonds. The van der Waals surface area contributed by atoms with Crippen molar-refractivity contribution in [2.45, 2.75) is 13.5 Å². The summed E-state index contributed by atoms with van der Waals surface area (Å²) in [5.41, 5.74) is 10.7. The zero-order valence-corrected chi connectivity index (χ0v) is 12.7. The number of hydrogen-bond acceptors (Lipinski definition) is 3. The summed E-state index contributed by atoms with van der Waals surface area (Å²) in [7, 11) is 3.61. The molecule has 2 aromatic rings. The summed E-state index contributed by atoms with van der Waals surface area (Å²) in [4.78, 5) is 13.7. The van der Waals surface area contributed by atoms with Crippen molar-refractivity contribution >= 4 is 17.3 Å². The van der Waals surface area contributed by atoms with E-state index in [2.05, 4.69) is 29.3 Å². The van der Waals surface area contributed by atoms with Crippen LogP contribution in [0.4, 0.5) is 11.4 Å². The smallest absolute Gasteiger partial charge is 0.251 e. The van der Waals surface area contributed by atoms with Crippen molar-refractivity contribution in [3.63, 3.8) is 0 Å². The molecule has 4 nitrogen and oxygen atoms in total. The van der Waals surface area contributed by atoms with Gasteiger partial charge in [-0.05, 0) is 36.2 Å². The maximum absolute atomic E-state index is 11.6. The van der Waals surface area contributed by atoms with E-state index in [-0.39, 0.29) is 5.91 Å². The number of nitrogens with two attached hydrogens (primary N) is 1. The lowest BCUT2D eigenvalue weighted by molar-refractivity contribution is 0.0963. The molecule has 0 aliphatic heterocycles. The van der Waals surface area contributed by atoms with Crippen molar-refractivity contribution in [3.8, 4) is 0 Å². The third-order valence-corrected chi connectivity index (χ3v) is 3.60. The largest absolute Gasteiger partial charge is 0.397 e. The predicted molar refractivity (Wildman–Crippen MR) is 87.5 cm³/mol. The van der Waals surface area contributed by atoms with Crippen LogP contribution < -0.4 is 16.0 Å². The second-order valence-corrected chi connectivity index (χ2v) is 5.14.